The van der Waals surface area contributed by atoms with Gasteiger partial charge in [-0.2, -0.15) is 0 Å². The van der Waals surface area contributed by atoms with Crippen molar-refractivity contribution in [1.82, 2.24) is 14.9 Å². The lowest BCUT2D eigenvalue weighted by Crippen LogP contribution is -2.48. The fourth-order valence-electron chi connectivity index (χ4n) is 3.02. The zero-order valence-electron chi connectivity index (χ0n) is 13.8. The highest BCUT2D eigenvalue weighted by Crippen LogP contribution is 2.24. The Kier molecular flexibility index (Phi) is 5.52. The van der Waals surface area contributed by atoms with Crippen molar-refractivity contribution in [3.05, 3.63) is 24.4 Å². The molecule has 1 aliphatic heterocycles. The maximum absolute atomic E-state index is 11.5. The van der Waals surface area contributed by atoms with Crippen LogP contribution in [0.4, 0.5) is 0 Å². The standard InChI is InChI=1S/C17H22N4O2S/c1-23-16-6-5-13-14(20-16)10-12(11-19-13)24-9-8-21-7-3-2-4-15(21)17(18)22/h5-6,10-11,15H,2-4,7-9H2,1H3,(H2,18,22). The molecule has 7 heteroatoms. The minimum absolute atomic E-state index is 0.111. The second-order valence-electron chi connectivity index (χ2n) is 5.86. The maximum atomic E-state index is 11.5. The first-order valence-corrected chi connectivity index (χ1v) is 9.13. The van der Waals surface area contributed by atoms with Crippen LogP contribution in [0, 0.1) is 0 Å². The Morgan fingerprint density at radius 2 is 2.29 bits per heavy atom. The number of carbonyl (C=O) groups excluding carboxylic acids is 1. The molecular weight excluding hydrogens is 324 g/mol. The molecule has 6 nitrogen and oxygen atoms in total. The number of fused-ring (bicyclic) bond motifs is 1. The Balaban J connectivity index is 1.61. The molecular formula is C17H22N4O2S. The lowest BCUT2D eigenvalue weighted by Gasteiger charge is -2.33. The summed E-state index contributed by atoms with van der Waals surface area (Å²) in [7, 11) is 1.61. The Labute approximate surface area is 145 Å². The summed E-state index contributed by atoms with van der Waals surface area (Å²) in [6.45, 7) is 1.80. The van der Waals surface area contributed by atoms with E-state index in [2.05, 4.69) is 14.9 Å². The molecule has 0 aliphatic carbocycles. The molecule has 2 aromatic rings. The number of piperidine rings is 1. The largest absolute Gasteiger partial charge is 0.481 e. The van der Waals surface area contributed by atoms with Gasteiger partial charge in [-0.3, -0.25) is 14.7 Å². The van der Waals surface area contributed by atoms with E-state index >= 15 is 0 Å². The summed E-state index contributed by atoms with van der Waals surface area (Å²) >= 11 is 1.72. The van der Waals surface area contributed by atoms with E-state index in [1.165, 1.54) is 0 Å². The maximum Gasteiger partial charge on any atom is 0.234 e. The average Bonchev–Trinajstić information content (AvgIpc) is 2.61. The number of likely N-dealkylation sites (tertiary alicyclic amines) is 1. The fraction of sp³-hybridized carbons (Fsp3) is 0.471. The van der Waals surface area contributed by atoms with Crippen molar-refractivity contribution >= 4 is 28.7 Å². The van der Waals surface area contributed by atoms with Crippen LogP contribution in [0.3, 0.4) is 0 Å². The van der Waals surface area contributed by atoms with Gasteiger partial charge in [0.15, 0.2) is 0 Å². The minimum Gasteiger partial charge on any atom is -0.481 e. The molecule has 0 bridgehead atoms. The van der Waals surface area contributed by atoms with E-state index in [0.29, 0.717) is 5.88 Å². The van der Waals surface area contributed by atoms with E-state index in [1.807, 2.05) is 24.4 Å². The lowest BCUT2D eigenvalue weighted by molar-refractivity contribution is -0.124. The highest BCUT2D eigenvalue weighted by molar-refractivity contribution is 7.99. The van der Waals surface area contributed by atoms with E-state index < -0.39 is 0 Å². The molecule has 128 valence electrons. The van der Waals surface area contributed by atoms with Crippen LogP contribution < -0.4 is 10.5 Å². The highest BCUT2D eigenvalue weighted by atomic mass is 32.2. The smallest absolute Gasteiger partial charge is 0.234 e. The third kappa shape index (κ3) is 3.96. The van der Waals surface area contributed by atoms with Gasteiger partial charge in [0.1, 0.15) is 0 Å². The molecule has 0 aromatic carbocycles. The summed E-state index contributed by atoms with van der Waals surface area (Å²) in [6, 6.07) is 5.63. The van der Waals surface area contributed by atoms with Crippen molar-refractivity contribution in [3.8, 4) is 5.88 Å². The van der Waals surface area contributed by atoms with Crippen molar-refractivity contribution in [3.63, 3.8) is 0 Å². The van der Waals surface area contributed by atoms with Crippen LogP contribution >= 0.6 is 11.8 Å². The van der Waals surface area contributed by atoms with Crippen molar-refractivity contribution in [1.29, 1.82) is 0 Å². The number of amides is 1. The second kappa shape index (κ2) is 7.81. The number of carbonyl (C=O) groups is 1. The van der Waals surface area contributed by atoms with Crippen LogP contribution in [0.5, 0.6) is 5.88 Å². The minimum atomic E-state index is -0.205. The number of methoxy groups -OCH3 is 1. The Bertz CT molecular complexity index is 725. The average molecular weight is 346 g/mol. The third-order valence-corrected chi connectivity index (χ3v) is 5.23. The fourth-order valence-corrected chi connectivity index (χ4v) is 3.91. The molecule has 3 heterocycles. The van der Waals surface area contributed by atoms with Gasteiger partial charge in [0.2, 0.25) is 11.8 Å². The zero-order valence-corrected chi connectivity index (χ0v) is 14.6. The number of rotatable bonds is 6. The summed E-state index contributed by atoms with van der Waals surface area (Å²) < 4.78 is 5.16. The summed E-state index contributed by atoms with van der Waals surface area (Å²) in [5, 5.41) is 0. The lowest BCUT2D eigenvalue weighted by atomic mass is 10.0. The van der Waals surface area contributed by atoms with E-state index in [1.54, 1.807) is 18.9 Å². The molecule has 3 rings (SSSR count). The summed E-state index contributed by atoms with van der Waals surface area (Å²) in [6.07, 6.45) is 4.96. The molecule has 2 aromatic heterocycles. The topological polar surface area (TPSA) is 81.3 Å². The molecule has 1 amide bonds. The van der Waals surface area contributed by atoms with Crippen molar-refractivity contribution in [2.75, 3.05) is 26.0 Å². The summed E-state index contributed by atoms with van der Waals surface area (Å²) in [4.78, 5) is 23.7. The molecule has 2 N–H and O–H groups in total. The number of hydrogen-bond donors (Lipinski definition) is 1. The van der Waals surface area contributed by atoms with Crippen molar-refractivity contribution in [2.24, 2.45) is 5.73 Å². The summed E-state index contributed by atoms with van der Waals surface area (Å²) in [5.74, 6) is 1.27. The molecule has 0 radical (unpaired) electrons. The van der Waals surface area contributed by atoms with Crippen LogP contribution in [0.15, 0.2) is 29.3 Å². The Morgan fingerprint density at radius 1 is 1.42 bits per heavy atom. The van der Waals surface area contributed by atoms with E-state index in [9.17, 15) is 4.79 Å². The van der Waals surface area contributed by atoms with E-state index in [4.69, 9.17) is 10.5 Å². The predicted octanol–water partition coefficient (Wildman–Crippen LogP) is 2.07. The van der Waals surface area contributed by atoms with Gasteiger partial charge >= 0.3 is 0 Å². The number of nitrogens with zero attached hydrogens (tertiary/aromatic N) is 3. The van der Waals surface area contributed by atoms with Gasteiger partial charge in [-0.15, -0.1) is 11.8 Å². The quantitative estimate of drug-likeness (QED) is 0.807. The van der Waals surface area contributed by atoms with Crippen LogP contribution in [0.2, 0.25) is 0 Å². The normalized spacial score (nSPS) is 18.6. The molecule has 1 fully saturated rings. The first-order valence-electron chi connectivity index (χ1n) is 8.14. The van der Waals surface area contributed by atoms with Gasteiger partial charge in [0.25, 0.3) is 0 Å². The summed E-state index contributed by atoms with van der Waals surface area (Å²) in [5.41, 5.74) is 7.19. The first-order chi connectivity index (χ1) is 11.7. The monoisotopic (exact) mass is 346 g/mol. The van der Waals surface area contributed by atoms with Crippen LogP contribution in [-0.2, 0) is 4.79 Å². The number of nitrogens with two attached hydrogens (primary N) is 1. The third-order valence-electron chi connectivity index (χ3n) is 4.29. The number of pyridine rings is 2. The Morgan fingerprint density at radius 3 is 3.08 bits per heavy atom. The van der Waals surface area contributed by atoms with E-state index in [-0.39, 0.29) is 11.9 Å². The Hall–Kier alpha value is -1.86. The second-order valence-corrected chi connectivity index (χ2v) is 7.03. The number of hydrogen-bond acceptors (Lipinski definition) is 6. The molecule has 1 unspecified atom stereocenters. The van der Waals surface area contributed by atoms with E-state index in [0.717, 1.165) is 54.0 Å². The number of aromatic nitrogens is 2. The first kappa shape index (κ1) is 17.0. The SMILES string of the molecule is COc1ccc2ncc(SCCN3CCCCC3C(N)=O)cc2n1. The van der Waals surface area contributed by atoms with Crippen molar-refractivity contribution < 1.29 is 9.53 Å². The molecule has 1 atom stereocenters. The van der Waals surface area contributed by atoms with Crippen LogP contribution in [0.25, 0.3) is 11.0 Å². The molecule has 24 heavy (non-hydrogen) atoms. The number of primary amides is 1. The van der Waals surface area contributed by atoms with Gasteiger partial charge in [0, 0.05) is 29.5 Å². The molecule has 0 saturated carbocycles. The van der Waals surface area contributed by atoms with Gasteiger partial charge in [-0.05, 0) is 31.5 Å². The number of ether oxygens (including phenoxy) is 1. The molecule has 1 saturated heterocycles. The molecule has 0 spiro atoms. The van der Waals surface area contributed by atoms with Gasteiger partial charge < -0.3 is 10.5 Å². The van der Waals surface area contributed by atoms with Gasteiger partial charge in [0.05, 0.1) is 24.2 Å². The van der Waals surface area contributed by atoms with Gasteiger partial charge in [-0.25, -0.2) is 4.98 Å². The highest BCUT2D eigenvalue weighted by Gasteiger charge is 2.26. The number of thioether (sulfide) groups is 1. The predicted molar refractivity (Wildman–Crippen MR) is 95.2 cm³/mol. The molecule has 1 aliphatic rings. The van der Waals surface area contributed by atoms with Crippen LogP contribution in [0.1, 0.15) is 19.3 Å². The van der Waals surface area contributed by atoms with Crippen LogP contribution in [-0.4, -0.2) is 52.8 Å². The zero-order chi connectivity index (χ0) is 16.9. The van der Waals surface area contributed by atoms with Crippen molar-refractivity contribution in [2.45, 2.75) is 30.2 Å². The van der Waals surface area contributed by atoms with Gasteiger partial charge in [-0.1, -0.05) is 6.42 Å².